The topological polar surface area (TPSA) is 131 Å². The Morgan fingerprint density at radius 2 is 1.90 bits per heavy atom. The van der Waals surface area contributed by atoms with E-state index in [9.17, 15) is 19.2 Å². The summed E-state index contributed by atoms with van der Waals surface area (Å²) in [6.45, 7) is -0.00182. The normalized spacial score (nSPS) is 18.1. The Morgan fingerprint density at radius 3 is 2.71 bits per heavy atom. The molecule has 208 valence electrons. The van der Waals surface area contributed by atoms with Crippen molar-refractivity contribution in [2.24, 2.45) is 0 Å². The van der Waals surface area contributed by atoms with Crippen LogP contribution in [0.3, 0.4) is 0 Å². The van der Waals surface area contributed by atoms with Gasteiger partial charge >= 0.3 is 5.97 Å². The van der Waals surface area contributed by atoms with Crippen LogP contribution in [0.25, 0.3) is 22.3 Å². The molecule has 0 bridgehead atoms. The summed E-state index contributed by atoms with van der Waals surface area (Å²) in [6, 6.07) is 17.2. The zero-order valence-electron chi connectivity index (χ0n) is 21.8. The van der Waals surface area contributed by atoms with Crippen LogP contribution in [0.15, 0.2) is 82.1 Å². The number of carbonyl (C=O) groups is 3. The van der Waals surface area contributed by atoms with Gasteiger partial charge < -0.3 is 19.8 Å². The molecule has 0 saturated carbocycles. The maximum atomic E-state index is 13.1. The quantitative estimate of drug-likeness (QED) is 0.237. The number of para-hydroxylation sites is 2. The van der Waals surface area contributed by atoms with E-state index < -0.39 is 17.4 Å². The molecule has 6 rings (SSSR count). The van der Waals surface area contributed by atoms with Gasteiger partial charge in [-0.25, -0.2) is 9.78 Å². The van der Waals surface area contributed by atoms with Crippen molar-refractivity contribution in [2.45, 2.75) is 17.8 Å². The van der Waals surface area contributed by atoms with Crippen LogP contribution in [0, 0.1) is 0 Å². The van der Waals surface area contributed by atoms with Gasteiger partial charge in [0.15, 0.2) is 0 Å². The Kier molecular flexibility index (Phi) is 7.33. The summed E-state index contributed by atoms with van der Waals surface area (Å²) in [4.78, 5) is 60.9. The Hall–Kier alpha value is -4.42. The third-order valence-electron chi connectivity index (χ3n) is 6.81. The van der Waals surface area contributed by atoms with Gasteiger partial charge in [-0.3, -0.25) is 19.3 Å². The highest BCUT2D eigenvalue weighted by atomic mass is 32.2. The average molecular weight is 589 g/mol. The van der Waals surface area contributed by atoms with E-state index in [-0.39, 0.29) is 36.1 Å². The fourth-order valence-corrected chi connectivity index (χ4v) is 6.87. The van der Waals surface area contributed by atoms with Crippen LogP contribution >= 0.6 is 23.1 Å². The van der Waals surface area contributed by atoms with Crippen molar-refractivity contribution in [1.29, 1.82) is 0 Å². The third kappa shape index (κ3) is 5.11. The number of nitrogens with one attached hydrogen (secondary N) is 2. The zero-order chi connectivity index (χ0) is 28.5. The summed E-state index contributed by atoms with van der Waals surface area (Å²) in [6.07, 6.45) is 0.189. The molecule has 10 nitrogen and oxygen atoms in total. The summed E-state index contributed by atoms with van der Waals surface area (Å²) < 4.78 is 11.2. The van der Waals surface area contributed by atoms with Gasteiger partial charge in [0, 0.05) is 16.2 Å². The fourth-order valence-electron chi connectivity index (χ4n) is 4.84. The van der Waals surface area contributed by atoms with Gasteiger partial charge in [-0.2, -0.15) is 0 Å². The number of esters is 1. The van der Waals surface area contributed by atoms with E-state index in [0.717, 1.165) is 4.88 Å². The lowest BCUT2D eigenvalue weighted by Gasteiger charge is -2.49. The molecule has 2 aromatic carbocycles. The summed E-state index contributed by atoms with van der Waals surface area (Å²) in [5.74, 6) is -0.0891. The number of rotatable bonds is 8. The van der Waals surface area contributed by atoms with Gasteiger partial charge in [-0.1, -0.05) is 30.3 Å². The minimum atomic E-state index is -0.730. The number of fused-ring (bicyclic) bond motifs is 2. The van der Waals surface area contributed by atoms with Gasteiger partial charge in [-0.15, -0.1) is 23.1 Å². The van der Waals surface area contributed by atoms with Crippen LogP contribution in [0.5, 0.6) is 5.75 Å². The number of methoxy groups -OCH3 is 1. The van der Waals surface area contributed by atoms with Crippen LogP contribution in [-0.2, 0) is 25.5 Å². The van der Waals surface area contributed by atoms with E-state index in [1.165, 1.54) is 35.1 Å². The highest BCUT2D eigenvalue weighted by Crippen LogP contribution is 2.41. The largest absolute Gasteiger partial charge is 0.488 e. The van der Waals surface area contributed by atoms with E-state index >= 15 is 0 Å². The van der Waals surface area contributed by atoms with Crippen LogP contribution in [0.1, 0.15) is 4.88 Å². The number of benzene rings is 2. The van der Waals surface area contributed by atoms with Crippen molar-refractivity contribution < 1.29 is 23.9 Å². The van der Waals surface area contributed by atoms with E-state index in [4.69, 9.17) is 9.47 Å². The number of thiophene rings is 1. The lowest BCUT2D eigenvalue weighted by atomic mass is 10.0. The second kappa shape index (κ2) is 11.2. The van der Waals surface area contributed by atoms with Crippen molar-refractivity contribution >= 4 is 51.8 Å². The fraction of sp³-hybridized carbons (Fsp3) is 0.207. The monoisotopic (exact) mass is 588 g/mol. The Bertz CT molecular complexity index is 1750. The van der Waals surface area contributed by atoms with Crippen molar-refractivity contribution in [1.82, 2.24) is 20.2 Å². The van der Waals surface area contributed by atoms with Crippen LogP contribution < -0.4 is 15.6 Å². The minimum Gasteiger partial charge on any atom is -0.488 e. The van der Waals surface area contributed by atoms with E-state index in [1.54, 1.807) is 36.4 Å². The van der Waals surface area contributed by atoms with Crippen LogP contribution in [0.2, 0.25) is 0 Å². The number of thioether (sulfide) groups is 1. The number of carbonyl (C=O) groups excluding carboxylic acids is 3. The maximum Gasteiger partial charge on any atom is 0.354 e. The summed E-state index contributed by atoms with van der Waals surface area (Å²) in [5, 5.41) is 4.76. The number of nitrogens with zero attached hydrogens (tertiary/aromatic N) is 2. The predicted octanol–water partition coefficient (Wildman–Crippen LogP) is 3.10. The number of hydrogen-bond donors (Lipinski definition) is 2. The number of β-lactam (4-membered cyclic amide) rings is 1. The standard InChI is InChI=1S/C29H24N4O6S2/c1-38-29(37)24-16(15-41-28-23(27(36)33(24)28)31-22(34)13-17-7-6-12-40-17)14-39-21-11-5-3-9-19(21)25-30-20-10-4-2-8-18(20)26(35)32-25/h2-12,23,28H,13-15H2,1H3,(H,31,34)(H,30,32,35). The number of ether oxygens (including phenoxy) is 2. The first-order valence-electron chi connectivity index (χ1n) is 12.7. The molecule has 2 aliphatic heterocycles. The molecule has 0 radical (unpaired) electrons. The number of aromatic nitrogens is 2. The number of H-pyrrole nitrogens is 1. The second-order valence-electron chi connectivity index (χ2n) is 9.37. The SMILES string of the molecule is COC(=O)C1=C(COc2ccccc2-c2nc3ccccc3c(=O)[nH]2)CSC2C(NC(=O)Cc3cccs3)C(=O)N12. The van der Waals surface area contributed by atoms with E-state index in [1.807, 2.05) is 29.6 Å². The van der Waals surface area contributed by atoms with E-state index in [2.05, 4.69) is 15.3 Å². The highest BCUT2D eigenvalue weighted by Gasteiger charge is 2.54. The third-order valence-corrected chi connectivity index (χ3v) is 9.03. The maximum absolute atomic E-state index is 13.1. The molecule has 41 heavy (non-hydrogen) atoms. The molecule has 2 aromatic heterocycles. The van der Waals surface area contributed by atoms with E-state index in [0.29, 0.717) is 39.4 Å². The van der Waals surface area contributed by atoms with Crippen LogP contribution in [0.4, 0.5) is 0 Å². The van der Waals surface area contributed by atoms with Gasteiger partial charge in [0.05, 0.1) is 30.0 Å². The molecule has 2 amide bonds. The molecule has 1 fully saturated rings. The molecule has 2 unspecified atom stereocenters. The molecule has 0 spiro atoms. The number of amides is 2. The van der Waals surface area contributed by atoms with Gasteiger partial charge in [0.2, 0.25) is 5.91 Å². The Labute approximate surface area is 242 Å². The molecule has 2 N–H and O–H groups in total. The number of hydrogen-bond acceptors (Lipinski definition) is 9. The molecular formula is C29H24N4O6S2. The first kappa shape index (κ1) is 26.8. The highest BCUT2D eigenvalue weighted by molar-refractivity contribution is 8.00. The smallest absolute Gasteiger partial charge is 0.354 e. The molecule has 12 heteroatoms. The summed E-state index contributed by atoms with van der Waals surface area (Å²) >= 11 is 2.92. The summed E-state index contributed by atoms with van der Waals surface area (Å²) in [5.41, 5.74) is 1.56. The molecule has 2 atom stereocenters. The molecule has 4 aromatic rings. The zero-order valence-corrected chi connectivity index (χ0v) is 23.4. The number of aromatic amines is 1. The van der Waals surface area contributed by atoms with Crippen molar-refractivity contribution in [3.8, 4) is 17.1 Å². The van der Waals surface area contributed by atoms with Crippen molar-refractivity contribution in [3.63, 3.8) is 0 Å². The van der Waals surface area contributed by atoms with Gasteiger partial charge in [0.1, 0.15) is 35.3 Å². The predicted molar refractivity (Wildman–Crippen MR) is 155 cm³/mol. The average Bonchev–Trinajstić information content (AvgIpc) is 3.51. The van der Waals surface area contributed by atoms with Gasteiger partial charge in [-0.05, 0) is 35.7 Å². The van der Waals surface area contributed by atoms with Gasteiger partial charge in [0.25, 0.3) is 11.5 Å². The van der Waals surface area contributed by atoms with Crippen LogP contribution in [-0.4, -0.2) is 63.5 Å². The second-order valence-corrected chi connectivity index (χ2v) is 11.5. The molecule has 2 aliphatic rings. The summed E-state index contributed by atoms with van der Waals surface area (Å²) in [7, 11) is 1.26. The first-order chi connectivity index (χ1) is 19.9. The first-order valence-corrected chi connectivity index (χ1v) is 14.7. The molecule has 1 saturated heterocycles. The molecular weight excluding hydrogens is 564 g/mol. The Balaban J connectivity index is 1.22. The molecule has 4 heterocycles. The minimum absolute atomic E-state index is 0.00182. The lowest BCUT2D eigenvalue weighted by Crippen LogP contribution is -2.70. The molecule has 0 aliphatic carbocycles. The Morgan fingerprint density at radius 1 is 1.10 bits per heavy atom. The van der Waals surface area contributed by atoms with Crippen molar-refractivity contribution in [3.05, 3.63) is 92.5 Å². The lowest BCUT2D eigenvalue weighted by molar-refractivity contribution is -0.151. The van der Waals surface area contributed by atoms with Crippen molar-refractivity contribution in [2.75, 3.05) is 19.5 Å².